The number of benzene rings is 2. The minimum Gasteiger partial charge on any atom is -0.510 e. The first-order valence-corrected chi connectivity index (χ1v) is 14.5. The molecule has 226 valence electrons. The van der Waals surface area contributed by atoms with Crippen molar-refractivity contribution in [3.8, 4) is 11.5 Å². The number of carbonyl (C=O) groups is 3. The van der Waals surface area contributed by atoms with Gasteiger partial charge in [0.25, 0.3) is 5.91 Å². The van der Waals surface area contributed by atoms with E-state index in [4.69, 9.17) is 16.2 Å². The maximum atomic E-state index is 14.1. The Bertz CT molecular complexity index is 1600. The predicted molar refractivity (Wildman–Crippen MR) is 154 cm³/mol. The van der Waals surface area contributed by atoms with E-state index in [1.165, 1.54) is 0 Å². The molecule has 11 heteroatoms. The number of phenolic OH excluding ortho intramolecular Hbond substituents is 1. The molecule has 0 radical (unpaired) electrons. The molecule has 1 amide bonds. The third-order valence-corrected chi connectivity index (χ3v) is 9.59. The van der Waals surface area contributed by atoms with Gasteiger partial charge in [-0.2, -0.15) is 0 Å². The molecule has 6 rings (SSSR count). The lowest BCUT2D eigenvalue weighted by Crippen LogP contribution is -2.63. The third-order valence-electron chi connectivity index (χ3n) is 9.59. The number of Topliss-reactive ketones (excluding diaryl/α,β-unsaturated/α-hetero) is 2. The van der Waals surface area contributed by atoms with Crippen LogP contribution in [0.1, 0.15) is 59.3 Å². The average Bonchev–Trinajstić information content (AvgIpc) is 3.46. The number of allylic oxidation sites excluding steroid dienone is 1. The lowest BCUT2D eigenvalue weighted by atomic mass is 9.59. The van der Waals surface area contributed by atoms with Gasteiger partial charge in [-0.15, -0.1) is 0 Å². The lowest BCUT2D eigenvalue weighted by Gasteiger charge is -2.48. The van der Waals surface area contributed by atoms with E-state index in [-0.39, 0.29) is 42.4 Å². The number of ether oxygens (including phenoxy) is 1. The summed E-state index contributed by atoms with van der Waals surface area (Å²) in [5.74, 6) is -6.89. The van der Waals surface area contributed by atoms with E-state index in [9.17, 15) is 34.8 Å². The number of fused-ring (bicyclic) bond motifs is 3. The van der Waals surface area contributed by atoms with Gasteiger partial charge < -0.3 is 36.6 Å². The molecule has 2 aromatic rings. The van der Waals surface area contributed by atoms with Gasteiger partial charge in [0.05, 0.1) is 11.6 Å². The fraction of sp³-hybridized carbons (Fsp3) is 0.406. The Morgan fingerprint density at radius 2 is 1.88 bits per heavy atom. The van der Waals surface area contributed by atoms with Crippen LogP contribution in [0.15, 0.2) is 59.1 Å². The molecular weight excluding hydrogens is 554 g/mol. The number of aliphatic hydroxyl groups is 3. The number of phenols is 1. The largest absolute Gasteiger partial charge is 0.510 e. The number of nitrogens with two attached hydrogens (primary N) is 2. The van der Waals surface area contributed by atoms with Gasteiger partial charge in [0, 0.05) is 28.7 Å². The molecule has 1 saturated heterocycles. The molecule has 0 saturated carbocycles. The standard InChI is InChI=1S/C32H35N3O8/c1-2-35-10-6-9-20(35)17-13-21(36)23-18(28(17)43-14-15-7-4-3-5-8-15)11-16-12-19-25(33)27(38)24(31(34)41)30(40)32(19,42)29(39)22(16)26(23)37/h3-5,7-8,13,16,19-20,25,36,38-39,42H,2,6,9-12,14,33H2,1H3,(H2,34,41)/t16-,19-,20-,25-,32-/m0/s1. The normalized spacial score (nSPS) is 28.9. The Hall–Kier alpha value is -4.19. The second-order valence-corrected chi connectivity index (χ2v) is 11.8. The van der Waals surface area contributed by atoms with E-state index in [0.717, 1.165) is 37.1 Å². The van der Waals surface area contributed by atoms with E-state index in [1.54, 1.807) is 6.07 Å². The number of amides is 1. The Balaban J connectivity index is 1.50. The van der Waals surface area contributed by atoms with E-state index in [0.29, 0.717) is 11.3 Å². The average molecular weight is 590 g/mol. The van der Waals surface area contributed by atoms with Crippen molar-refractivity contribution in [2.75, 3.05) is 13.1 Å². The Morgan fingerprint density at radius 1 is 1.16 bits per heavy atom. The van der Waals surface area contributed by atoms with Crippen LogP contribution in [-0.4, -0.2) is 67.5 Å². The van der Waals surface area contributed by atoms with Crippen molar-refractivity contribution < 1.29 is 39.5 Å². The zero-order valence-electron chi connectivity index (χ0n) is 23.7. The molecule has 0 bridgehead atoms. The van der Waals surface area contributed by atoms with Crippen molar-refractivity contribution in [1.29, 1.82) is 0 Å². The number of ketones is 2. The Morgan fingerprint density at radius 3 is 2.56 bits per heavy atom. The van der Waals surface area contributed by atoms with Gasteiger partial charge in [-0.05, 0) is 56.3 Å². The van der Waals surface area contributed by atoms with E-state index >= 15 is 0 Å². The molecule has 3 aliphatic carbocycles. The highest BCUT2D eigenvalue weighted by Gasteiger charge is 2.62. The summed E-state index contributed by atoms with van der Waals surface area (Å²) in [6, 6.07) is 9.65. The van der Waals surface area contributed by atoms with Crippen LogP contribution in [0, 0.1) is 11.8 Å². The summed E-state index contributed by atoms with van der Waals surface area (Å²) in [5.41, 5.74) is 9.67. The van der Waals surface area contributed by atoms with Crippen molar-refractivity contribution in [1.82, 2.24) is 4.90 Å². The number of rotatable bonds is 6. The molecule has 0 spiro atoms. The molecule has 5 atom stereocenters. The Labute approximate surface area is 248 Å². The van der Waals surface area contributed by atoms with Crippen molar-refractivity contribution in [3.05, 3.63) is 81.3 Å². The number of hydrogen-bond donors (Lipinski definition) is 6. The van der Waals surface area contributed by atoms with Crippen LogP contribution in [0.3, 0.4) is 0 Å². The highest BCUT2D eigenvalue weighted by Crippen LogP contribution is 2.53. The van der Waals surface area contributed by atoms with Crippen LogP contribution in [-0.2, 0) is 22.6 Å². The highest BCUT2D eigenvalue weighted by atomic mass is 16.5. The molecule has 4 aliphatic rings. The lowest BCUT2D eigenvalue weighted by molar-refractivity contribution is -0.145. The molecule has 1 fully saturated rings. The first kappa shape index (κ1) is 28.9. The minimum atomic E-state index is -2.75. The zero-order chi connectivity index (χ0) is 30.8. The Kier molecular flexibility index (Phi) is 7.07. The molecule has 1 heterocycles. The topological polar surface area (TPSA) is 197 Å². The van der Waals surface area contributed by atoms with Gasteiger partial charge in [-0.25, -0.2) is 0 Å². The summed E-state index contributed by atoms with van der Waals surface area (Å²) >= 11 is 0. The summed E-state index contributed by atoms with van der Waals surface area (Å²) in [6.07, 6.45) is 1.87. The summed E-state index contributed by atoms with van der Waals surface area (Å²) in [5, 5.41) is 44.9. The molecule has 11 nitrogen and oxygen atoms in total. The van der Waals surface area contributed by atoms with Crippen molar-refractivity contribution >= 4 is 17.5 Å². The number of likely N-dealkylation sites (tertiary alicyclic amines) is 1. The monoisotopic (exact) mass is 589 g/mol. The van der Waals surface area contributed by atoms with Gasteiger partial charge in [0.15, 0.2) is 11.4 Å². The third kappa shape index (κ3) is 4.25. The molecule has 8 N–H and O–H groups in total. The van der Waals surface area contributed by atoms with Crippen LogP contribution >= 0.6 is 0 Å². The SMILES string of the molecule is CCN1CCC[C@H]1c1cc(O)c2c(c1OCc1ccccc1)C[C@H]1C[C@H]3[C@H](N)C(O)=C(C(N)=O)C(=O)[C@@]3(O)C(O)=C1C2=O. The van der Waals surface area contributed by atoms with E-state index < -0.39 is 58.0 Å². The van der Waals surface area contributed by atoms with Crippen LogP contribution in [0.25, 0.3) is 0 Å². The second kappa shape index (κ2) is 10.5. The van der Waals surface area contributed by atoms with E-state index in [1.807, 2.05) is 30.3 Å². The number of primary amides is 1. The van der Waals surface area contributed by atoms with E-state index in [2.05, 4.69) is 11.8 Å². The van der Waals surface area contributed by atoms with Crippen molar-refractivity contribution in [2.24, 2.45) is 23.3 Å². The number of aliphatic hydroxyl groups excluding tert-OH is 2. The number of aromatic hydroxyl groups is 1. The number of carbonyl (C=O) groups excluding carboxylic acids is 3. The number of hydrogen-bond acceptors (Lipinski definition) is 10. The molecular formula is C32H35N3O8. The fourth-order valence-corrected chi connectivity index (χ4v) is 7.49. The minimum absolute atomic E-state index is 0.0393. The first-order chi connectivity index (χ1) is 20.5. The van der Waals surface area contributed by atoms with Crippen LogP contribution in [0.2, 0.25) is 0 Å². The fourth-order valence-electron chi connectivity index (χ4n) is 7.49. The van der Waals surface area contributed by atoms with Crippen LogP contribution in [0.4, 0.5) is 0 Å². The summed E-state index contributed by atoms with van der Waals surface area (Å²) in [4.78, 5) is 41.7. The van der Waals surface area contributed by atoms with Gasteiger partial charge >= 0.3 is 0 Å². The molecule has 0 unspecified atom stereocenters. The molecule has 2 aromatic carbocycles. The van der Waals surface area contributed by atoms with Crippen molar-refractivity contribution in [3.63, 3.8) is 0 Å². The van der Waals surface area contributed by atoms with Gasteiger partial charge in [-0.3, -0.25) is 19.3 Å². The summed E-state index contributed by atoms with van der Waals surface area (Å²) in [6.45, 7) is 3.96. The first-order valence-electron chi connectivity index (χ1n) is 14.5. The summed E-state index contributed by atoms with van der Waals surface area (Å²) in [7, 11) is 0. The zero-order valence-corrected chi connectivity index (χ0v) is 23.7. The van der Waals surface area contributed by atoms with Gasteiger partial charge in [0.2, 0.25) is 5.78 Å². The second-order valence-electron chi connectivity index (χ2n) is 11.8. The molecule has 1 aliphatic heterocycles. The van der Waals surface area contributed by atoms with Crippen LogP contribution in [0.5, 0.6) is 11.5 Å². The van der Waals surface area contributed by atoms with Crippen LogP contribution < -0.4 is 16.2 Å². The quantitative estimate of drug-likeness (QED) is 0.272. The smallest absolute Gasteiger partial charge is 0.255 e. The molecule has 43 heavy (non-hydrogen) atoms. The maximum absolute atomic E-state index is 14.1. The maximum Gasteiger partial charge on any atom is 0.255 e. The molecule has 0 aromatic heterocycles. The number of nitrogens with zero attached hydrogens (tertiary/aromatic N) is 1. The predicted octanol–water partition coefficient (Wildman–Crippen LogP) is 2.25. The van der Waals surface area contributed by atoms with Gasteiger partial charge in [-0.1, -0.05) is 37.3 Å². The summed E-state index contributed by atoms with van der Waals surface area (Å²) < 4.78 is 6.46. The van der Waals surface area contributed by atoms with Gasteiger partial charge in [0.1, 0.15) is 35.2 Å². The highest BCUT2D eigenvalue weighted by molar-refractivity contribution is 6.24. The van der Waals surface area contributed by atoms with Crippen molar-refractivity contribution in [2.45, 2.75) is 56.9 Å².